The van der Waals surface area contributed by atoms with Crippen LogP contribution in [0.4, 0.5) is 0 Å². The Morgan fingerprint density at radius 1 is 1.29 bits per heavy atom. The summed E-state index contributed by atoms with van der Waals surface area (Å²) in [4.78, 5) is 0.360. The van der Waals surface area contributed by atoms with Crippen LogP contribution in [0.25, 0.3) is 0 Å². The highest BCUT2D eigenvalue weighted by Gasteiger charge is 2.18. The first-order valence-corrected chi connectivity index (χ1v) is 7.11. The first-order valence-electron chi connectivity index (χ1n) is 5.63. The van der Waals surface area contributed by atoms with E-state index in [1.165, 1.54) is 0 Å². The van der Waals surface area contributed by atoms with Gasteiger partial charge in [0, 0.05) is 12.6 Å². The summed E-state index contributed by atoms with van der Waals surface area (Å²) in [5.74, 6) is 0. The summed E-state index contributed by atoms with van der Waals surface area (Å²) >= 11 is 0. The second kappa shape index (κ2) is 5.62. The average molecular weight is 256 g/mol. The highest BCUT2D eigenvalue weighted by atomic mass is 32.2. The Hall–Kier alpha value is -0.910. The van der Waals surface area contributed by atoms with E-state index in [1.54, 1.807) is 13.0 Å². The van der Waals surface area contributed by atoms with Crippen LogP contribution in [-0.2, 0) is 16.6 Å². The molecule has 0 atom stereocenters. The van der Waals surface area contributed by atoms with Gasteiger partial charge in [-0.15, -0.1) is 0 Å². The maximum Gasteiger partial charge on any atom is 0.241 e. The van der Waals surface area contributed by atoms with Crippen LogP contribution in [0.1, 0.15) is 25.0 Å². The molecule has 5 heteroatoms. The van der Waals surface area contributed by atoms with Gasteiger partial charge in [-0.05, 0) is 45.0 Å². The van der Waals surface area contributed by atoms with Gasteiger partial charge in [0.25, 0.3) is 0 Å². The number of hydrogen-bond donors (Lipinski definition) is 2. The minimum absolute atomic E-state index is 0.104. The Bertz CT molecular complexity index is 481. The van der Waals surface area contributed by atoms with Crippen LogP contribution < -0.4 is 10.0 Å². The largest absolute Gasteiger partial charge is 0.316 e. The van der Waals surface area contributed by atoms with Crippen LogP contribution in [0.5, 0.6) is 0 Å². The predicted octanol–water partition coefficient (Wildman–Crippen LogP) is 1.40. The van der Waals surface area contributed by atoms with Gasteiger partial charge >= 0.3 is 0 Å². The molecule has 96 valence electrons. The van der Waals surface area contributed by atoms with Gasteiger partial charge in [-0.3, -0.25) is 0 Å². The Kier molecular flexibility index (Phi) is 4.68. The fourth-order valence-corrected chi connectivity index (χ4v) is 3.17. The number of nitrogens with one attached hydrogen (secondary N) is 2. The van der Waals surface area contributed by atoms with Crippen LogP contribution in [-0.4, -0.2) is 21.5 Å². The van der Waals surface area contributed by atoms with Crippen LogP contribution >= 0.6 is 0 Å². The number of aryl methyl sites for hydroxylation is 1. The van der Waals surface area contributed by atoms with E-state index in [9.17, 15) is 8.42 Å². The van der Waals surface area contributed by atoms with Gasteiger partial charge < -0.3 is 5.32 Å². The van der Waals surface area contributed by atoms with Gasteiger partial charge in [-0.1, -0.05) is 12.1 Å². The number of hydrogen-bond acceptors (Lipinski definition) is 3. The van der Waals surface area contributed by atoms with E-state index in [-0.39, 0.29) is 6.04 Å². The van der Waals surface area contributed by atoms with Crippen molar-refractivity contribution in [1.29, 1.82) is 0 Å². The molecular formula is C12H20N2O2S. The number of benzene rings is 1. The van der Waals surface area contributed by atoms with Gasteiger partial charge in [0.05, 0.1) is 4.90 Å². The lowest BCUT2D eigenvalue weighted by Gasteiger charge is -2.13. The summed E-state index contributed by atoms with van der Waals surface area (Å²) in [6.07, 6.45) is 0. The van der Waals surface area contributed by atoms with E-state index < -0.39 is 10.0 Å². The average Bonchev–Trinajstić information content (AvgIpc) is 2.19. The second-order valence-corrected chi connectivity index (χ2v) is 6.09. The zero-order chi connectivity index (χ0) is 13.1. The SMILES string of the molecule is CNCc1ccc(C)c(S(=O)(=O)NC(C)C)c1. The maximum atomic E-state index is 12.1. The molecule has 1 rings (SSSR count). The van der Waals surface area contributed by atoms with E-state index in [4.69, 9.17) is 0 Å². The third-order valence-corrected chi connectivity index (χ3v) is 4.11. The second-order valence-electron chi connectivity index (χ2n) is 4.41. The minimum atomic E-state index is -3.41. The van der Waals surface area contributed by atoms with Crippen molar-refractivity contribution >= 4 is 10.0 Å². The van der Waals surface area contributed by atoms with E-state index in [1.807, 2.05) is 33.0 Å². The van der Waals surface area contributed by atoms with Crippen molar-refractivity contribution < 1.29 is 8.42 Å². The molecule has 4 nitrogen and oxygen atoms in total. The fraction of sp³-hybridized carbons (Fsp3) is 0.500. The molecule has 17 heavy (non-hydrogen) atoms. The fourth-order valence-electron chi connectivity index (χ4n) is 1.62. The van der Waals surface area contributed by atoms with Gasteiger partial charge in [-0.2, -0.15) is 0 Å². The smallest absolute Gasteiger partial charge is 0.241 e. The molecule has 0 aliphatic carbocycles. The third kappa shape index (κ3) is 3.80. The Morgan fingerprint density at radius 3 is 2.47 bits per heavy atom. The molecule has 0 spiro atoms. The third-order valence-electron chi connectivity index (χ3n) is 2.31. The topological polar surface area (TPSA) is 58.2 Å². The molecule has 0 aliphatic rings. The van der Waals surface area contributed by atoms with Gasteiger partial charge in [-0.25, -0.2) is 13.1 Å². The van der Waals surface area contributed by atoms with Crippen LogP contribution in [0, 0.1) is 6.92 Å². The minimum Gasteiger partial charge on any atom is -0.316 e. The molecular weight excluding hydrogens is 236 g/mol. The monoisotopic (exact) mass is 256 g/mol. The number of rotatable bonds is 5. The van der Waals surface area contributed by atoms with Crippen LogP contribution in [0.2, 0.25) is 0 Å². The van der Waals surface area contributed by atoms with E-state index in [0.29, 0.717) is 11.4 Å². The molecule has 0 fully saturated rings. The van der Waals surface area contributed by atoms with Crippen molar-refractivity contribution in [3.8, 4) is 0 Å². The van der Waals surface area contributed by atoms with E-state index in [0.717, 1.165) is 11.1 Å². The van der Waals surface area contributed by atoms with Crippen molar-refractivity contribution in [3.63, 3.8) is 0 Å². The summed E-state index contributed by atoms with van der Waals surface area (Å²) in [6.45, 7) is 6.08. The summed E-state index contributed by atoms with van der Waals surface area (Å²) < 4.78 is 26.8. The van der Waals surface area contributed by atoms with E-state index >= 15 is 0 Å². The quantitative estimate of drug-likeness (QED) is 0.837. The Balaban J connectivity index is 3.16. The van der Waals surface area contributed by atoms with Crippen LogP contribution in [0.3, 0.4) is 0 Å². The van der Waals surface area contributed by atoms with Crippen molar-refractivity contribution in [2.75, 3.05) is 7.05 Å². The maximum absolute atomic E-state index is 12.1. The van der Waals surface area contributed by atoms with Crippen molar-refractivity contribution in [1.82, 2.24) is 10.0 Å². The molecule has 0 radical (unpaired) electrons. The van der Waals surface area contributed by atoms with Gasteiger partial charge in [0.2, 0.25) is 10.0 Å². The summed E-state index contributed by atoms with van der Waals surface area (Å²) in [5, 5.41) is 3.01. The molecule has 0 saturated heterocycles. The molecule has 0 unspecified atom stereocenters. The molecule has 1 aromatic carbocycles. The standard InChI is InChI=1S/C12H20N2O2S/c1-9(2)14-17(15,16)12-7-11(8-13-4)6-5-10(12)3/h5-7,9,13-14H,8H2,1-4H3. The number of sulfonamides is 1. The highest BCUT2D eigenvalue weighted by molar-refractivity contribution is 7.89. The van der Waals surface area contributed by atoms with Crippen molar-refractivity contribution in [2.24, 2.45) is 0 Å². The zero-order valence-electron chi connectivity index (χ0n) is 10.7. The lowest BCUT2D eigenvalue weighted by Crippen LogP contribution is -2.30. The molecule has 0 heterocycles. The molecule has 0 bridgehead atoms. The van der Waals surface area contributed by atoms with Gasteiger partial charge in [0.1, 0.15) is 0 Å². The first-order chi connectivity index (χ1) is 7.86. The summed E-state index contributed by atoms with van der Waals surface area (Å²) in [6, 6.07) is 5.38. The predicted molar refractivity (Wildman–Crippen MR) is 69.4 cm³/mol. The summed E-state index contributed by atoms with van der Waals surface area (Å²) in [5.41, 5.74) is 1.72. The molecule has 0 amide bonds. The molecule has 1 aromatic rings. The Labute approximate surface area is 103 Å². The first kappa shape index (κ1) is 14.2. The molecule has 2 N–H and O–H groups in total. The lowest BCUT2D eigenvalue weighted by atomic mass is 10.1. The lowest BCUT2D eigenvalue weighted by molar-refractivity contribution is 0.569. The normalized spacial score (nSPS) is 12.1. The van der Waals surface area contributed by atoms with Crippen molar-refractivity contribution in [2.45, 2.75) is 38.3 Å². The van der Waals surface area contributed by atoms with Crippen molar-refractivity contribution in [3.05, 3.63) is 29.3 Å². The highest BCUT2D eigenvalue weighted by Crippen LogP contribution is 2.17. The Morgan fingerprint density at radius 2 is 1.94 bits per heavy atom. The molecule has 0 aromatic heterocycles. The molecule has 0 aliphatic heterocycles. The van der Waals surface area contributed by atoms with Gasteiger partial charge in [0.15, 0.2) is 0 Å². The summed E-state index contributed by atoms with van der Waals surface area (Å²) in [7, 11) is -1.58. The zero-order valence-corrected chi connectivity index (χ0v) is 11.6. The van der Waals surface area contributed by atoms with Crippen LogP contribution in [0.15, 0.2) is 23.1 Å². The molecule has 0 saturated carbocycles. The van der Waals surface area contributed by atoms with E-state index in [2.05, 4.69) is 10.0 Å².